The highest BCUT2D eigenvalue weighted by atomic mass is 16.6. The molecule has 2 aromatic carbocycles. The minimum atomic E-state index is -0.509. The average Bonchev–Trinajstić information content (AvgIpc) is 2.83. The smallest absolute Gasteiger partial charge is 0.410 e. The second-order valence-electron chi connectivity index (χ2n) is 10.3. The van der Waals surface area contributed by atoms with E-state index in [1.807, 2.05) is 57.2 Å². The van der Waals surface area contributed by atoms with Gasteiger partial charge in [-0.3, -0.25) is 0 Å². The van der Waals surface area contributed by atoms with Crippen molar-refractivity contribution in [1.29, 1.82) is 0 Å². The summed E-state index contributed by atoms with van der Waals surface area (Å²) in [5.41, 5.74) is 0.992. The van der Waals surface area contributed by atoms with Gasteiger partial charge in [0.2, 0.25) is 0 Å². The number of rotatable bonds is 3. The molecule has 1 N–H and O–H groups in total. The Morgan fingerprint density at radius 3 is 2.63 bits per heavy atom. The van der Waals surface area contributed by atoms with Gasteiger partial charge in [0, 0.05) is 43.3 Å². The predicted octanol–water partition coefficient (Wildman–Crippen LogP) is 5.34. The number of carbonyl (C=O) groups is 1. The number of piperidine rings is 1. The average molecular weight is 477 g/mol. The van der Waals surface area contributed by atoms with Crippen LogP contribution in [0.2, 0.25) is 0 Å². The zero-order valence-corrected chi connectivity index (χ0v) is 20.7. The molecule has 3 aromatic rings. The van der Waals surface area contributed by atoms with E-state index in [0.29, 0.717) is 18.8 Å². The van der Waals surface area contributed by atoms with Crippen LogP contribution in [0.15, 0.2) is 48.8 Å². The number of hydrogen-bond donors (Lipinski definition) is 1. The number of anilines is 1. The van der Waals surface area contributed by atoms with Gasteiger partial charge in [-0.25, -0.2) is 14.8 Å². The quantitative estimate of drug-likeness (QED) is 0.546. The van der Waals surface area contributed by atoms with E-state index in [1.165, 1.54) is 0 Å². The van der Waals surface area contributed by atoms with Gasteiger partial charge in [-0.1, -0.05) is 24.3 Å². The molecule has 8 heteroatoms. The van der Waals surface area contributed by atoms with Crippen LogP contribution < -0.4 is 14.8 Å². The van der Waals surface area contributed by atoms with Crippen molar-refractivity contribution in [2.24, 2.45) is 0 Å². The number of benzene rings is 2. The maximum absolute atomic E-state index is 12.6. The molecule has 0 radical (unpaired) electrons. The first-order valence-electron chi connectivity index (χ1n) is 12.1. The summed E-state index contributed by atoms with van der Waals surface area (Å²) in [6.07, 6.45) is 3.53. The third-order valence-electron chi connectivity index (χ3n) is 6.68. The van der Waals surface area contributed by atoms with Crippen LogP contribution in [0, 0.1) is 0 Å². The van der Waals surface area contributed by atoms with Crippen molar-refractivity contribution in [2.75, 3.05) is 25.5 Å². The van der Waals surface area contributed by atoms with E-state index in [2.05, 4.69) is 21.4 Å². The van der Waals surface area contributed by atoms with Crippen LogP contribution in [-0.2, 0) is 4.74 Å². The predicted molar refractivity (Wildman–Crippen MR) is 134 cm³/mol. The minimum absolute atomic E-state index is 0.00247. The van der Waals surface area contributed by atoms with Crippen molar-refractivity contribution < 1.29 is 19.0 Å². The normalized spacial score (nSPS) is 19.1. The Kier molecular flexibility index (Phi) is 5.91. The number of ether oxygens (including phenoxy) is 3. The zero-order chi connectivity index (χ0) is 24.6. The van der Waals surface area contributed by atoms with Gasteiger partial charge in [0.1, 0.15) is 40.4 Å². The fraction of sp³-hybridized carbons (Fsp3) is 0.444. The molecule has 35 heavy (non-hydrogen) atoms. The summed E-state index contributed by atoms with van der Waals surface area (Å²) < 4.78 is 17.7. The Balaban J connectivity index is 1.40. The van der Waals surface area contributed by atoms with E-state index in [9.17, 15) is 4.79 Å². The lowest BCUT2D eigenvalue weighted by molar-refractivity contribution is -0.0308. The van der Waals surface area contributed by atoms with Gasteiger partial charge in [0.15, 0.2) is 0 Å². The van der Waals surface area contributed by atoms with Crippen molar-refractivity contribution in [3.05, 3.63) is 54.4 Å². The largest absolute Gasteiger partial charge is 0.494 e. The summed E-state index contributed by atoms with van der Waals surface area (Å²) >= 11 is 0. The molecule has 8 nitrogen and oxygen atoms in total. The molecular weight excluding hydrogens is 444 g/mol. The standard InChI is InChI=1S/C27H32N4O4/c1-26(2,3)35-25(32)31-14-12-27(13-15-31)16-20(18-8-5-6-10-21(18)34-27)30-24-19-9-7-11-22(33-4)23(19)28-17-29-24/h5-11,17,20H,12-16H2,1-4H3,(H,28,29,30). The Labute approximate surface area is 205 Å². The second-order valence-corrected chi connectivity index (χ2v) is 10.3. The Hall–Kier alpha value is -3.55. The van der Waals surface area contributed by atoms with E-state index < -0.39 is 5.60 Å². The Bertz CT molecular complexity index is 1230. The first-order valence-corrected chi connectivity index (χ1v) is 12.1. The molecule has 1 fully saturated rings. The van der Waals surface area contributed by atoms with Crippen molar-refractivity contribution in [3.8, 4) is 11.5 Å². The molecule has 1 saturated heterocycles. The summed E-state index contributed by atoms with van der Waals surface area (Å²) in [5.74, 6) is 2.35. The van der Waals surface area contributed by atoms with Crippen LogP contribution >= 0.6 is 0 Å². The minimum Gasteiger partial charge on any atom is -0.494 e. The number of likely N-dealkylation sites (tertiary alicyclic amines) is 1. The Morgan fingerprint density at radius 1 is 1.11 bits per heavy atom. The third-order valence-corrected chi connectivity index (χ3v) is 6.68. The van der Waals surface area contributed by atoms with Gasteiger partial charge in [-0.15, -0.1) is 0 Å². The molecule has 3 heterocycles. The molecule has 2 aliphatic rings. The van der Waals surface area contributed by atoms with Crippen LogP contribution in [-0.4, -0.2) is 52.4 Å². The number of nitrogens with zero attached hydrogens (tertiary/aromatic N) is 3. The molecule has 0 saturated carbocycles. The SMILES string of the molecule is COc1cccc2c(NC3CC4(CCN(C(=O)OC(C)(C)C)CC4)Oc4ccccc43)ncnc12. The fourth-order valence-corrected chi connectivity index (χ4v) is 4.98. The van der Waals surface area contributed by atoms with E-state index >= 15 is 0 Å². The lowest BCUT2D eigenvalue weighted by Gasteiger charge is -2.47. The van der Waals surface area contributed by atoms with E-state index in [-0.39, 0.29) is 17.7 Å². The summed E-state index contributed by atoms with van der Waals surface area (Å²) in [6.45, 7) is 6.86. The molecular formula is C27H32N4O4. The summed E-state index contributed by atoms with van der Waals surface area (Å²) in [7, 11) is 1.64. The zero-order valence-electron chi connectivity index (χ0n) is 20.7. The number of fused-ring (bicyclic) bond motifs is 2. The molecule has 1 unspecified atom stereocenters. The first kappa shape index (κ1) is 23.2. The molecule has 1 atom stereocenters. The molecule has 184 valence electrons. The number of amides is 1. The monoisotopic (exact) mass is 476 g/mol. The summed E-state index contributed by atoms with van der Waals surface area (Å²) in [6, 6.07) is 14.0. The highest BCUT2D eigenvalue weighted by Gasteiger charge is 2.44. The second kappa shape index (κ2) is 8.91. The molecule has 1 spiro atoms. The van der Waals surface area contributed by atoms with Crippen LogP contribution in [0.5, 0.6) is 11.5 Å². The lowest BCUT2D eigenvalue weighted by atomic mass is 9.80. The highest BCUT2D eigenvalue weighted by Crippen LogP contribution is 2.46. The highest BCUT2D eigenvalue weighted by molar-refractivity contribution is 5.93. The van der Waals surface area contributed by atoms with Crippen molar-refractivity contribution in [1.82, 2.24) is 14.9 Å². The van der Waals surface area contributed by atoms with Gasteiger partial charge >= 0.3 is 6.09 Å². The fourth-order valence-electron chi connectivity index (χ4n) is 4.98. The molecule has 0 bridgehead atoms. The molecule has 5 rings (SSSR count). The maximum atomic E-state index is 12.6. The third kappa shape index (κ3) is 4.70. The van der Waals surface area contributed by atoms with Gasteiger partial charge in [0.25, 0.3) is 0 Å². The van der Waals surface area contributed by atoms with E-state index in [0.717, 1.165) is 47.3 Å². The lowest BCUT2D eigenvalue weighted by Crippen LogP contribution is -2.53. The Morgan fingerprint density at radius 2 is 1.89 bits per heavy atom. The van der Waals surface area contributed by atoms with Crippen molar-refractivity contribution in [3.63, 3.8) is 0 Å². The van der Waals surface area contributed by atoms with Crippen LogP contribution in [0.3, 0.4) is 0 Å². The van der Waals surface area contributed by atoms with Gasteiger partial charge in [-0.05, 0) is 39.0 Å². The van der Waals surface area contributed by atoms with Gasteiger partial charge in [-0.2, -0.15) is 0 Å². The van der Waals surface area contributed by atoms with E-state index in [1.54, 1.807) is 18.3 Å². The van der Waals surface area contributed by atoms with E-state index in [4.69, 9.17) is 14.2 Å². The summed E-state index contributed by atoms with van der Waals surface area (Å²) in [4.78, 5) is 23.4. The number of nitrogens with one attached hydrogen (secondary N) is 1. The first-order chi connectivity index (χ1) is 16.8. The van der Waals surface area contributed by atoms with Crippen molar-refractivity contribution >= 4 is 22.8 Å². The maximum Gasteiger partial charge on any atom is 0.410 e. The molecule has 1 aromatic heterocycles. The molecule has 2 aliphatic heterocycles. The van der Waals surface area contributed by atoms with Gasteiger partial charge in [0.05, 0.1) is 13.2 Å². The van der Waals surface area contributed by atoms with Crippen LogP contribution in [0.4, 0.5) is 10.6 Å². The molecule has 0 aliphatic carbocycles. The van der Waals surface area contributed by atoms with Gasteiger partial charge < -0.3 is 24.4 Å². The number of carbonyl (C=O) groups excluding carboxylic acids is 1. The molecule has 1 amide bonds. The van der Waals surface area contributed by atoms with Crippen LogP contribution in [0.25, 0.3) is 10.9 Å². The van der Waals surface area contributed by atoms with Crippen molar-refractivity contribution in [2.45, 2.75) is 57.3 Å². The van der Waals surface area contributed by atoms with Crippen LogP contribution in [0.1, 0.15) is 51.6 Å². The number of hydrogen-bond acceptors (Lipinski definition) is 7. The topological polar surface area (TPSA) is 85.8 Å². The number of para-hydroxylation sites is 2. The number of methoxy groups -OCH3 is 1. The summed E-state index contributed by atoms with van der Waals surface area (Å²) in [5, 5.41) is 4.58. The number of aromatic nitrogens is 2.